The molecule has 24 heavy (non-hydrogen) atoms. The fraction of sp³-hybridized carbons (Fsp3) is 0.647. The Kier molecular flexibility index (Phi) is 4.69. The first-order valence-electron chi connectivity index (χ1n) is 8.57. The highest BCUT2D eigenvalue weighted by Crippen LogP contribution is 2.23. The van der Waals surface area contributed by atoms with E-state index in [-0.39, 0.29) is 23.8 Å². The molecule has 1 unspecified atom stereocenters. The Hall–Kier alpha value is -2.18. The van der Waals surface area contributed by atoms with Crippen LogP contribution in [0.15, 0.2) is 12.4 Å². The van der Waals surface area contributed by atoms with Crippen molar-refractivity contribution >= 4 is 17.6 Å². The van der Waals surface area contributed by atoms with Crippen molar-refractivity contribution in [2.24, 2.45) is 5.92 Å². The number of amides is 2. The van der Waals surface area contributed by atoms with E-state index in [9.17, 15) is 9.59 Å². The number of hydrogen-bond acceptors (Lipinski definition) is 5. The fourth-order valence-corrected chi connectivity index (χ4v) is 3.42. The van der Waals surface area contributed by atoms with Gasteiger partial charge in [-0.1, -0.05) is 0 Å². The maximum atomic E-state index is 12.7. The second-order valence-corrected chi connectivity index (χ2v) is 6.87. The third-order valence-electron chi connectivity index (χ3n) is 4.84. The van der Waals surface area contributed by atoms with Crippen LogP contribution in [-0.4, -0.2) is 70.3 Å². The zero-order chi connectivity index (χ0) is 17.3. The summed E-state index contributed by atoms with van der Waals surface area (Å²) >= 11 is 0. The minimum absolute atomic E-state index is 0.0958. The maximum Gasteiger partial charge on any atom is 0.228 e. The van der Waals surface area contributed by atoms with Gasteiger partial charge in [-0.2, -0.15) is 0 Å². The molecule has 0 N–H and O–H groups in total. The number of rotatable bonds is 3. The number of hydrogen-bond donors (Lipinski definition) is 0. The average molecular weight is 331 g/mol. The molecule has 7 heteroatoms. The molecule has 0 bridgehead atoms. The van der Waals surface area contributed by atoms with Gasteiger partial charge in [0.05, 0.1) is 5.92 Å². The van der Waals surface area contributed by atoms with Crippen LogP contribution in [0.3, 0.4) is 0 Å². The zero-order valence-electron chi connectivity index (χ0n) is 14.6. The van der Waals surface area contributed by atoms with Crippen LogP contribution in [-0.2, 0) is 9.59 Å². The molecular weight excluding hydrogens is 306 g/mol. The first-order valence-corrected chi connectivity index (χ1v) is 8.57. The molecule has 2 aliphatic rings. The number of likely N-dealkylation sites (tertiary alicyclic amines) is 1. The number of carbonyl (C=O) groups excluding carboxylic acids is 2. The lowest BCUT2D eigenvalue weighted by Crippen LogP contribution is -2.51. The third-order valence-corrected chi connectivity index (χ3v) is 4.84. The van der Waals surface area contributed by atoms with Crippen molar-refractivity contribution in [1.82, 2.24) is 19.8 Å². The predicted octanol–water partition coefficient (Wildman–Crippen LogP) is 0.691. The van der Waals surface area contributed by atoms with Gasteiger partial charge in [-0.3, -0.25) is 9.59 Å². The molecule has 0 aliphatic carbocycles. The molecule has 3 heterocycles. The van der Waals surface area contributed by atoms with Gasteiger partial charge in [0, 0.05) is 56.9 Å². The third kappa shape index (κ3) is 3.34. The molecule has 0 saturated carbocycles. The Bertz CT molecular complexity index is 625. The molecule has 2 amide bonds. The van der Waals surface area contributed by atoms with E-state index in [1.54, 1.807) is 6.33 Å². The van der Waals surface area contributed by atoms with Crippen LogP contribution in [0.25, 0.3) is 0 Å². The smallest absolute Gasteiger partial charge is 0.228 e. The minimum atomic E-state index is -0.187. The van der Waals surface area contributed by atoms with E-state index in [1.807, 2.05) is 36.6 Å². The van der Waals surface area contributed by atoms with E-state index in [0.29, 0.717) is 26.1 Å². The second-order valence-electron chi connectivity index (χ2n) is 6.87. The fourth-order valence-electron chi connectivity index (χ4n) is 3.42. The second kappa shape index (κ2) is 6.75. The minimum Gasteiger partial charge on any atom is -0.353 e. The summed E-state index contributed by atoms with van der Waals surface area (Å²) in [5.41, 5.74) is 0.941. The molecule has 1 atom stereocenters. The van der Waals surface area contributed by atoms with Crippen molar-refractivity contribution in [3.8, 4) is 0 Å². The van der Waals surface area contributed by atoms with Crippen LogP contribution < -0.4 is 4.90 Å². The van der Waals surface area contributed by atoms with Crippen molar-refractivity contribution < 1.29 is 9.59 Å². The summed E-state index contributed by atoms with van der Waals surface area (Å²) in [5.74, 6) is 0.938. The zero-order valence-corrected chi connectivity index (χ0v) is 14.6. The summed E-state index contributed by atoms with van der Waals surface area (Å²) in [5, 5.41) is 0. The van der Waals surface area contributed by atoms with Crippen LogP contribution in [0.2, 0.25) is 0 Å². The van der Waals surface area contributed by atoms with Crippen LogP contribution in [0.4, 0.5) is 5.82 Å². The van der Waals surface area contributed by atoms with E-state index in [0.717, 1.165) is 24.6 Å². The van der Waals surface area contributed by atoms with Gasteiger partial charge >= 0.3 is 0 Å². The molecular formula is C17H25N5O2. The Morgan fingerprint density at radius 2 is 1.92 bits per heavy atom. The van der Waals surface area contributed by atoms with Crippen molar-refractivity contribution in [2.45, 2.75) is 33.2 Å². The van der Waals surface area contributed by atoms with Crippen molar-refractivity contribution in [2.75, 3.05) is 37.6 Å². The quantitative estimate of drug-likeness (QED) is 0.815. The van der Waals surface area contributed by atoms with E-state index in [1.165, 1.54) is 0 Å². The SMILES string of the molecule is Cc1cc(N2CCN(C(=O)C3CC(=O)N(C(C)C)C3)CC2)ncn1. The molecule has 2 saturated heterocycles. The van der Waals surface area contributed by atoms with Crippen LogP contribution in [0, 0.1) is 12.8 Å². The van der Waals surface area contributed by atoms with Gasteiger partial charge in [0.2, 0.25) is 11.8 Å². The summed E-state index contributed by atoms with van der Waals surface area (Å²) < 4.78 is 0. The monoisotopic (exact) mass is 331 g/mol. The molecule has 0 spiro atoms. The molecule has 0 aromatic carbocycles. The summed E-state index contributed by atoms with van der Waals surface area (Å²) in [7, 11) is 0. The van der Waals surface area contributed by atoms with Crippen molar-refractivity contribution in [3.05, 3.63) is 18.1 Å². The number of aryl methyl sites for hydroxylation is 1. The Labute approximate surface area is 142 Å². The lowest BCUT2D eigenvalue weighted by molar-refractivity contribution is -0.136. The molecule has 2 fully saturated rings. The summed E-state index contributed by atoms with van der Waals surface area (Å²) in [6.07, 6.45) is 1.93. The number of anilines is 1. The first-order chi connectivity index (χ1) is 11.5. The lowest BCUT2D eigenvalue weighted by atomic mass is 10.1. The van der Waals surface area contributed by atoms with Crippen LogP contribution in [0.1, 0.15) is 26.0 Å². The normalized spacial score (nSPS) is 21.8. The molecule has 0 radical (unpaired) electrons. The van der Waals surface area contributed by atoms with Gasteiger partial charge in [0.15, 0.2) is 0 Å². The van der Waals surface area contributed by atoms with Crippen molar-refractivity contribution in [3.63, 3.8) is 0 Å². The van der Waals surface area contributed by atoms with Gasteiger partial charge in [-0.25, -0.2) is 9.97 Å². The highest BCUT2D eigenvalue weighted by molar-refractivity contribution is 5.89. The van der Waals surface area contributed by atoms with Gasteiger partial charge in [-0.15, -0.1) is 0 Å². The van der Waals surface area contributed by atoms with E-state index >= 15 is 0 Å². The molecule has 130 valence electrons. The van der Waals surface area contributed by atoms with Crippen molar-refractivity contribution in [1.29, 1.82) is 0 Å². The number of piperazine rings is 1. The largest absolute Gasteiger partial charge is 0.353 e. The topological polar surface area (TPSA) is 69.6 Å². The number of nitrogens with zero attached hydrogens (tertiary/aromatic N) is 5. The Balaban J connectivity index is 1.57. The van der Waals surface area contributed by atoms with Crippen LogP contribution in [0.5, 0.6) is 0 Å². The first kappa shape index (κ1) is 16.7. The number of aromatic nitrogens is 2. The highest BCUT2D eigenvalue weighted by atomic mass is 16.2. The van der Waals surface area contributed by atoms with E-state index < -0.39 is 0 Å². The Morgan fingerprint density at radius 3 is 2.50 bits per heavy atom. The van der Waals surface area contributed by atoms with Gasteiger partial charge < -0.3 is 14.7 Å². The standard InChI is InChI=1S/C17H25N5O2/c1-12(2)22-10-14(9-16(22)23)17(24)21-6-4-20(5-7-21)15-8-13(3)18-11-19-15/h8,11-12,14H,4-7,9-10H2,1-3H3. The Morgan fingerprint density at radius 1 is 1.21 bits per heavy atom. The summed E-state index contributed by atoms with van der Waals surface area (Å²) in [6.45, 7) is 9.36. The molecule has 1 aromatic heterocycles. The molecule has 7 nitrogen and oxygen atoms in total. The maximum absolute atomic E-state index is 12.7. The van der Waals surface area contributed by atoms with Gasteiger partial charge in [0.25, 0.3) is 0 Å². The lowest BCUT2D eigenvalue weighted by Gasteiger charge is -2.36. The van der Waals surface area contributed by atoms with E-state index in [2.05, 4.69) is 14.9 Å². The van der Waals surface area contributed by atoms with Gasteiger partial charge in [0.1, 0.15) is 12.1 Å². The van der Waals surface area contributed by atoms with Crippen LogP contribution >= 0.6 is 0 Å². The summed E-state index contributed by atoms with van der Waals surface area (Å²) in [6, 6.07) is 2.13. The van der Waals surface area contributed by atoms with Gasteiger partial charge in [-0.05, 0) is 20.8 Å². The van der Waals surface area contributed by atoms with E-state index in [4.69, 9.17) is 0 Å². The molecule has 2 aliphatic heterocycles. The molecule has 1 aromatic rings. The average Bonchev–Trinajstić information content (AvgIpc) is 2.96. The molecule has 3 rings (SSSR count). The predicted molar refractivity (Wildman–Crippen MR) is 90.5 cm³/mol. The number of carbonyl (C=O) groups is 2. The highest BCUT2D eigenvalue weighted by Gasteiger charge is 2.38. The summed E-state index contributed by atoms with van der Waals surface area (Å²) in [4.78, 5) is 39.0.